The molecule has 1 aromatic heterocycles. The zero-order valence-corrected chi connectivity index (χ0v) is 15.9. The second-order valence-electron chi connectivity index (χ2n) is 7.73. The smallest absolute Gasteiger partial charge is 0.194 e. The van der Waals surface area contributed by atoms with E-state index in [1.807, 2.05) is 13.1 Å². The minimum absolute atomic E-state index is 0.655. The molecule has 0 spiro atoms. The molecule has 25 heavy (non-hydrogen) atoms. The number of nitrogens with one attached hydrogen (secondary N) is 1. The first kappa shape index (κ1) is 18.2. The molecule has 0 unspecified atom stereocenters. The lowest BCUT2D eigenvalue weighted by Crippen LogP contribution is -2.55. The van der Waals surface area contributed by atoms with E-state index in [4.69, 9.17) is 4.52 Å². The topological polar surface area (TPSA) is 56.9 Å². The first-order valence-electron chi connectivity index (χ1n) is 9.76. The summed E-state index contributed by atoms with van der Waals surface area (Å²) in [6, 6.07) is 2.67. The van der Waals surface area contributed by atoms with Gasteiger partial charge in [-0.25, -0.2) is 0 Å². The Morgan fingerprint density at radius 3 is 2.52 bits per heavy atom. The Balaban J connectivity index is 1.43. The number of nitrogens with zero attached hydrogens (tertiary/aromatic N) is 4. The second-order valence-corrected chi connectivity index (χ2v) is 7.73. The van der Waals surface area contributed by atoms with Crippen molar-refractivity contribution < 1.29 is 4.52 Å². The molecule has 1 saturated carbocycles. The number of piperazine rings is 1. The van der Waals surface area contributed by atoms with Crippen LogP contribution in [-0.4, -0.2) is 60.2 Å². The average Bonchev–Trinajstić information content (AvgIpc) is 3.16. The van der Waals surface area contributed by atoms with Crippen LogP contribution in [0.4, 0.5) is 0 Å². The highest BCUT2D eigenvalue weighted by molar-refractivity contribution is 5.79. The van der Waals surface area contributed by atoms with E-state index in [2.05, 4.69) is 39.1 Å². The lowest BCUT2D eigenvalue weighted by molar-refractivity contribution is 0.0864. The number of guanidine groups is 1. The van der Waals surface area contributed by atoms with Crippen LogP contribution in [0.5, 0.6) is 0 Å². The van der Waals surface area contributed by atoms with Gasteiger partial charge in [0.2, 0.25) is 0 Å². The molecule has 1 aromatic rings. The fourth-order valence-corrected chi connectivity index (χ4v) is 4.26. The monoisotopic (exact) mass is 347 g/mol. The van der Waals surface area contributed by atoms with E-state index >= 15 is 0 Å². The normalized spacial score (nSPS) is 26.2. The Bertz CT molecular complexity index is 526. The molecule has 0 radical (unpaired) electrons. The molecule has 1 saturated heterocycles. The summed E-state index contributed by atoms with van der Waals surface area (Å²) < 4.78 is 4.88. The highest BCUT2D eigenvalue weighted by atomic mass is 16.5. The Labute approximate surface area is 151 Å². The van der Waals surface area contributed by atoms with Gasteiger partial charge in [0.15, 0.2) is 5.96 Å². The fraction of sp³-hybridized carbons (Fsp3) is 0.789. The molecule has 1 N–H and O–H groups in total. The molecule has 2 aliphatic rings. The van der Waals surface area contributed by atoms with Crippen LogP contribution in [0, 0.1) is 11.8 Å². The minimum Gasteiger partial charge on any atom is -0.364 e. The van der Waals surface area contributed by atoms with Crippen LogP contribution >= 0.6 is 0 Å². The molecule has 1 aliphatic heterocycles. The summed E-state index contributed by atoms with van der Waals surface area (Å²) in [5, 5.41) is 7.33. The van der Waals surface area contributed by atoms with Gasteiger partial charge in [-0.05, 0) is 37.5 Å². The van der Waals surface area contributed by atoms with Crippen molar-refractivity contribution in [1.29, 1.82) is 0 Å². The maximum atomic E-state index is 4.88. The van der Waals surface area contributed by atoms with Gasteiger partial charge >= 0.3 is 0 Å². The van der Waals surface area contributed by atoms with Gasteiger partial charge in [0.25, 0.3) is 0 Å². The Hall–Kier alpha value is -1.56. The van der Waals surface area contributed by atoms with E-state index in [0.717, 1.165) is 55.7 Å². The van der Waals surface area contributed by atoms with Gasteiger partial charge in [-0.1, -0.05) is 19.0 Å². The number of hydrogen-bond donors (Lipinski definition) is 1. The molecule has 140 valence electrons. The average molecular weight is 348 g/mol. The van der Waals surface area contributed by atoms with Crippen molar-refractivity contribution in [3.8, 4) is 0 Å². The Morgan fingerprint density at radius 1 is 1.24 bits per heavy atom. The summed E-state index contributed by atoms with van der Waals surface area (Å²) in [5.74, 6) is 2.75. The van der Waals surface area contributed by atoms with Crippen molar-refractivity contribution >= 4 is 5.96 Å². The predicted octanol–water partition coefficient (Wildman–Crippen LogP) is 2.58. The summed E-state index contributed by atoms with van der Waals surface area (Å²) in [7, 11) is 1.85. The van der Waals surface area contributed by atoms with Crippen LogP contribution in [0.25, 0.3) is 0 Å². The zero-order valence-electron chi connectivity index (χ0n) is 15.9. The van der Waals surface area contributed by atoms with Gasteiger partial charge in [0, 0.05) is 45.3 Å². The second kappa shape index (κ2) is 8.70. The summed E-state index contributed by atoms with van der Waals surface area (Å²) in [4.78, 5) is 9.50. The molecule has 0 atom stereocenters. The molecule has 0 amide bonds. The number of rotatable bonds is 4. The lowest BCUT2D eigenvalue weighted by Gasteiger charge is -2.43. The standard InChI is InChI=1S/C19H33N5O/c1-15(2)16-4-6-18(7-5-16)23-9-11-24(12-10-23)19(20-3)21-14-17-8-13-25-22-17/h8,13,15-16,18H,4-7,9-12,14H2,1-3H3,(H,20,21). The molecule has 6 nitrogen and oxygen atoms in total. The molecule has 3 rings (SSSR count). The Morgan fingerprint density at radius 2 is 1.96 bits per heavy atom. The predicted molar refractivity (Wildman–Crippen MR) is 100 cm³/mol. The number of aromatic nitrogens is 1. The summed E-state index contributed by atoms with van der Waals surface area (Å²) in [5.41, 5.74) is 0.904. The van der Waals surface area contributed by atoms with Gasteiger partial charge in [-0.3, -0.25) is 9.89 Å². The first-order valence-corrected chi connectivity index (χ1v) is 9.76. The maximum Gasteiger partial charge on any atom is 0.194 e. The molecule has 0 bridgehead atoms. The van der Waals surface area contributed by atoms with Crippen LogP contribution in [0.2, 0.25) is 0 Å². The van der Waals surface area contributed by atoms with Gasteiger partial charge in [0.1, 0.15) is 12.0 Å². The number of aliphatic imine (C=N–C) groups is 1. The van der Waals surface area contributed by atoms with E-state index in [9.17, 15) is 0 Å². The van der Waals surface area contributed by atoms with E-state index < -0.39 is 0 Å². The van der Waals surface area contributed by atoms with Gasteiger partial charge in [-0.2, -0.15) is 0 Å². The van der Waals surface area contributed by atoms with Crippen molar-refractivity contribution in [2.24, 2.45) is 16.8 Å². The maximum absolute atomic E-state index is 4.88. The van der Waals surface area contributed by atoms with Gasteiger partial charge in [-0.15, -0.1) is 0 Å². The van der Waals surface area contributed by atoms with Crippen LogP contribution in [0.15, 0.2) is 21.8 Å². The van der Waals surface area contributed by atoms with Gasteiger partial charge in [0.05, 0.1) is 6.54 Å². The van der Waals surface area contributed by atoms with Crippen molar-refractivity contribution in [3.05, 3.63) is 18.0 Å². The van der Waals surface area contributed by atoms with E-state index in [0.29, 0.717) is 6.54 Å². The SMILES string of the molecule is CN=C(NCc1ccon1)N1CCN(C2CCC(C(C)C)CC2)CC1. The summed E-state index contributed by atoms with van der Waals surface area (Å²) >= 11 is 0. The third kappa shape index (κ3) is 4.75. The molecule has 2 heterocycles. The summed E-state index contributed by atoms with van der Waals surface area (Å²) in [6.07, 6.45) is 7.17. The molecule has 1 aliphatic carbocycles. The van der Waals surface area contributed by atoms with Crippen LogP contribution in [0.1, 0.15) is 45.2 Å². The molecule has 2 fully saturated rings. The highest BCUT2D eigenvalue weighted by Crippen LogP contribution is 2.32. The zero-order chi connectivity index (χ0) is 17.6. The highest BCUT2D eigenvalue weighted by Gasteiger charge is 2.29. The third-order valence-corrected chi connectivity index (χ3v) is 5.95. The molecule has 6 heteroatoms. The van der Waals surface area contributed by atoms with E-state index in [1.54, 1.807) is 6.26 Å². The quantitative estimate of drug-likeness (QED) is 0.670. The molecule has 0 aromatic carbocycles. The third-order valence-electron chi connectivity index (χ3n) is 5.95. The lowest BCUT2D eigenvalue weighted by atomic mass is 9.79. The molecular formula is C19H33N5O. The van der Waals surface area contributed by atoms with Gasteiger partial charge < -0.3 is 14.7 Å². The number of hydrogen-bond acceptors (Lipinski definition) is 4. The van der Waals surface area contributed by atoms with Crippen molar-refractivity contribution in [2.45, 2.75) is 52.1 Å². The minimum atomic E-state index is 0.655. The van der Waals surface area contributed by atoms with Crippen LogP contribution in [0.3, 0.4) is 0 Å². The molecular weight excluding hydrogens is 314 g/mol. The first-order chi connectivity index (χ1) is 12.2. The van der Waals surface area contributed by atoms with Crippen LogP contribution in [-0.2, 0) is 6.54 Å². The van der Waals surface area contributed by atoms with Crippen molar-refractivity contribution in [1.82, 2.24) is 20.3 Å². The van der Waals surface area contributed by atoms with E-state index in [-0.39, 0.29) is 0 Å². The summed E-state index contributed by atoms with van der Waals surface area (Å²) in [6.45, 7) is 9.78. The largest absolute Gasteiger partial charge is 0.364 e. The Kier molecular flexibility index (Phi) is 6.34. The fourth-order valence-electron chi connectivity index (χ4n) is 4.26. The van der Waals surface area contributed by atoms with Crippen LogP contribution < -0.4 is 5.32 Å². The van der Waals surface area contributed by atoms with Crippen molar-refractivity contribution in [2.75, 3.05) is 33.2 Å². The van der Waals surface area contributed by atoms with Crippen molar-refractivity contribution in [3.63, 3.8) is 0 Å². The van der Waals surface area contributed by atoms with E-state index in [1.165, 1.54) is 25.7 Å².